The lowest BCUT2D eigenvalue weighted by molar-refractivity contribution is -0.143. The molecule has 6 aliphatic heterocycles. The maximum Gasteiger partial charge on any atom is 0.330 e. The maximum absolute atomic E-state index is 16.0. The van der Waals surface area contributed by atoms with E-state index in [1.807, 2.05) is 0 Å². The summed E-state index contributed by atoms with van der Waals surface area (Å²) in [4.78, 5) is 105. The molecule has 0 unspecified atom stereocenters. The molecule has 21 bridgehead atoms. The lowest BCUT2D eigenvalue weighted by Gasteiger charge is -2.54. The zero-order valence-electron chi connectivity index (χ0n) is 50.8. The van der Waals surface area contributed by atoms with Gasteiger partial charge in [0, 0.05) is 41.8 Å². The van der Waals surface area contributed by atoms with Crippen LogP contribution in [0.5, 0.6) is 69.0 Å². The number of aromatic hydroxyl groups is 6. The topological polar surface area (TPSA) is 419 Å². The Hall–Kier alpha value is -10.5. The molecular formula is C69H62Cl2N8O18. The predicted octanol–water partition coefficient (Wildman–Crippen LogP) is 6.90. The number of halogens is 2. The quantitative estimate of drug-likeness (QED) is 0.0851. The Bertz CT molecular complexity index is 4490. The summed E-state index contributed by atoms with van der Waals surface area (Å²) < 4.78 is 18.6. The standard InChI is InChI=1S/C69H62Cl2N8O18/c70-41-14-26-1-7-47(41)96-50-21-35-22-51(62(50)86)97-48-8-4-31(19-42(48)71)60(84)59-68(92)78-58(69(93)94)39-24-46(83)40(25-73-54-32-10-27-9-28(12-32)13-33(54)11-27)61(85)52(39)38-18-30(3-5-44(38)81)55(65(89)79-59)76-67(91)57(35)77-66(90)56-34-16-36(80)23-37(17-34)95-49-20-29(2-6-45(49)82)53(72)64(88)74-43(15-26)63(87)75-56/h1-8,14,16-24,27-28,32-33,43,53-60,73,80-86H,9-13,15,25,72H2,(H,74,88)(H,75,87)(H,76,91)(H,77,90)(H,78,92)(H,79,89)(H,93,94)/t27?,28?,32?,33?,43-,53-,54?,55-,56+,57-,58+,59+,60-/m1/s1. The molecule has 0 saturated heterocycles. The van der Waals surface area contributed by atoms with E-state index in [0.717, 1.165) is 74.2 Å². The first-order valence-electron chi connectivity index (χ1n) is 31.2. The second-order valence-corrected chi connectivity index (χ2v) is 26.5. The summed E-state index contributed by atoms with van der Waals surface area (Å²) in [6.07, 6.45) is 2.76. The molecule has 7 aromatic carbocycles. The van der Waals surface area contributed by atoms with Gasteiger partial charge in [0.25, 0.3) is 0 Å². The van der Waals surface area contributed by atoms with Crippen LogP contribution in [0.1, 0.15) is 113 Å². The summed E-state index contributed by atoms with van der Waals surface area (Å²) in [7, 11) is 0. The monoisotopic (exact) mass is 1360 g/mol. The third-order valence-electron chi connectivity index (χ3n) is 19.5. The van der Waals surface area contributed by atoms with Crippen LogP contribution in [-0.4, -0.2) is 100 Å². The number of nitrogens with one attached hydrogen (secondary N) is 7. The average Bonchev–Trinajstić information content (AvgIpc) is 0.775. The van der Waals surface area contributed by atoms with Gasteiger partial charge in [0.05, 0.1) is 15.6 Å². The minimum absolute atomic E-state index is 0.0140. The van der Waals surface area contributed by atoms with Crippen LogP contribution in [0, 0.1) is 23.7 Å². The number of hydrogen-bond acceptors (Lipinski definition) is 19. The van der Waals surface area contributed by atoms with Crippen LogP contribution < -0.4 is 57.2 Å². The van der Waals surface area contributed by atoms with Gasteiger partial charge < -0.3 is 98.0 Å². The van der Waals surface area contributed by atoms with Crippen molar-refractivity contribution in [1.82, 2.24) is 37.2 Å². The molecule has 500 valence electrons. The Morgan fingerprint density at radius 1 is 0.526 bits per heavy atom. The van der Waals surface area contributed by atoms with E-state index in [1.165, 1.54) is 67.1 Å². The molecule has 17 rings (SSSR count). The van der Waals surface area contributed by atoms with Crippen LogP contribution in [0.15, 0.2) is 109 Å². The number of benzene rings is 7. The predicted molar refractivity (Wildman–Crippen MR) is 343 cm³/mol. The van der Waals surface area contributed by atoms with Crippen molar-refractivity contribution in [1.29, 1.82) is 0 Å². The largest absolute Gasteiger partial charge is 0.508 e. The van der Waals surface area contributed by atoms with Gasteiger partial charge in [0.2, 0.25) is 41.2 Å². The highest BCUT2D eigenvalue weighted by molar-refractivity contribution is 6.32. The maximum atomic E-state index is 16.0. The molecule has 0 spiro atoms. The van der Waals surface area contributed by atoms with Gasteiger partial charge >= 0.3 is 5.97 Å². The van der Waals surface area contributed by atoms with Crippen molar-refractivity contribution < 1.29 is 88.6 Å². The number of fused-ring (bicyclic) bond motifs is 14. The Balaban J connectivity index is 0.947. The molecule has 4 aliphatic carbocycles. The van der Waals surface area contributed by atoms with Crippen LogP contribution in [0.3, 0.4) is 0 Å². The Labute approximate surface area is 560 Å². The van der Waals surface area contributed by atoms with Gasteiger partial charge in [-0.1, -0.05) is 47.5 Å². The lowest BCUT2D eigenvalue weighted by Crippen LogP contribution is -2.55. The summed E-state index contributed by atoms with van der Waals surface area (Å²) in [5.74, 6) is -12.7. The van der Waals surface area contributed by atoms with Crippen LogP contribution in [0.25, 0.3) is 11.1 Å². The molecule has 97 heavy (non-hydrogen) atoms. The summed E-state index contributed by atoms with van der Waals surface area (Å²) in [5, 5.41) is 113. The number of rotatable bonds is 4. The zero-order chi connectivity index (χ0) is 68.2. The van der Waals surface area contributed by atoms with E-state index in [-0.39, 0.29) is 91.0 Å². The first kappa shape index (κ1) is 63.9. The number of carbonyl (C=O) groups excluding carboxylic acids is 6. The number of phenolic OH excluding ortho intramolecular Hbond substituents is 6. The highest BCUT2D eigenvalue weighted by Gasteiger charge is 2.49. The highest BCUT2D eigenvalue weighted by atomic mass is 35.5. The van der Waals surface area contributed by atoms with Crippen LogP contribution in [-0.2, 0) is 46.5 Å². The molecular weight excluding hydrogens is 1300 g/mol. The van der Waals surface area contributed by atoms with Crippen molar-refractivity contribution in [3.8, 4) is 80.1 Å². The first-order chi connectivity index (χ1) is 46.4. The molecule has 10 aliphatic rings. The number of aliphatic carboxylic acids is 1. The summed E-state index contributed by atoms with van der Waals surface area (Å²) in [5.41, 5.74) is 4.54. The second kappa shape index (κ2) is 24.9. The minimum atomic E-state index is -2.21. The van der Waals surface area contributed by atoms with Crippen molar-refractivity contribution in [3.63, 3.8) is 0 Å². The molecule has 6 heterocycles. The highest BCUT2D eigenvalue weighted by Crippen LogP contribution is 2.55. The second-order valence-electron chi connectivity index (χ2n) is 25.7. The van der Waals surface area contributed by atoms with Gasteiger partial charge in [-0.25, -0.2) is 4.79 Å². The van der Waals surface area contributed by atoms with Gasteiger partial charge in [-0.2, -0.15) is 0 Å². The smallest absolute Gasteiger partial charge is 0.330 e. The molecule has 7 aromatic rings. The van der Waals surface area contributed by atoms with Gasteiger partial charge in [-0.15, -0.1) is 0 Å². The van der Waals surface area contributed by atoms with E-state index < -0.39 is 147 Å². The van der Waals surface area contributed by atoms with Gasteiger partial charge in [-0.3, -0.25) is 28.8 Å². The molecule has 4 fully saturated rings. The Morgan fingerprint density at radius 3 is 1.77 bits per heavy atom. The molecule has 0 radical (unpaired) electrons. The number of aliphatic hydroxyl groups is 1. The van der Waals surface area contributed by atoms with E-state index in [0.29, 0.717) is 29.2 Å². The normalized spacial score (nSPS) is 26.5. The zero-order valence-corrected chi connectivity index (χ0v) is 52.4. The van der Waals surface area contributed by atoms with Crippen molar-refractivity contribution in [3.05, 3.63) is 164 Å². The molecule has 17 N–H and O–H groups in total. The lowest BCUT2D eigenvalue weighted by atomic mass is 9.54. The number of phenols is 6. The number of carboxylic acids is 1. The fourth-order valence-electron chi connectivity index (χ4n) is 15.0. The molecule has 6 amide bonds. The number of nitrogens with two attached hydrogens (primary N) is 1. The summed E-state index contributed by atoms with van der Waals surface area (Å²) in [6.45, 7) is -0.141. The van der Waals surface area contributed by atoms with E-state index in [4.69, 9.17) is 43.1 Å². The van der Waals surface area contributed by atoms with E-state index in [1.54, 1.807) is 0 Å². The van der Waals surface area contributed by atoms with Crippen molar-refractivity contribution in [2.75, 3.05) is 0 Å². The summed E-state index contributed by atoms with van der Waals surface area (Å²) >= 11 is 13.8. The fourth-order valence-corrected chi connectivity index (χ4v) is 15.4. The number of hydrogen-bond donors (Lipinski definition) is 16. The number of amides is 6. The Kier molecular flexibility index (Phi) is 16.4. The van der Waals surface area contributed by atoms with E-state index >= 15 is 24.0 Å². The van der Waals surface area contributed by atoms with Crippen LogP contribution in [0.4, 0.5) is 0 Å². The van der Waals surface area contributed by atoms with Crippen LogP contribution in [0.2, 0.25) is 10.0 Å². The molecule has 8 atom stereocenters. The molecule has 26 nitrogen and oxygen atoms in total. The van der Waals surface area contributed by atoms with Gasteiger partial charge in [-0.05, 0) is 168 Å². The van der Waals surface area contributed by atoms with Gasteiger partial charge in [0.15, 0.2) is 29.0 Å². The van der Waals surface area contributed by atoms with Crippen LogP contribution >= 0.6 is 23.2 Å². The van der Waals surface area contributed by atoms with Crippen molar-refractivity contribution >= 4 is 64.6 Å². The average molecular weight is 1360 g/mol. The molecule has 28 heteroatoms. The van der Waals surface area contributed by atoms with Crippen molar-refractivity contribution in [2.24, 2.45) is 29.4 Å². The van der Waals surface area contributed by atoms with E-state index in [9.17, 15) is 50.4 Å². The van der Waals surface area contributed by atoms with Gasteiger partial charge in [0.1, 0.15) is 82.6 Å². The number of carbonyl (C=O) groups is 7. The third kappa shape index (κ3) is 12.0. The minimum Gasteiger partial charge on any atom is -0.508 e. The summed E-state index contributed by atoms with van der Waals surface area (Å²) in [6, 6.07) is 7.86. The van der Waals surface area contributed by atoms with E-state index in [2.05, 4.69) is 37.2 Å². The SMILES string of the molecule is N[C@H]1C(=O)N[C@@H]2Cc3ccc(c(Cl)c3)Oc3cc4cc(c3O)Oc3ccc(cc3Cl)[C@@H](O)[C@@H]3NC(=O)[C@H](NC(=O)[C@@H]4NC(=O)[C@@H](NC2=O)c2cc(O)cc(c2)Oc2cc1ccc2O)c1ccc(O)c(c1)-c1c(cc(O)c(CNC2C4CC5CC(C4)CC2C5)c1O)[C@@H](C(=O)O)NC3=O. The molecule has 4 saturated carbocycles. The Morgan fingerprint density at radius 2 is 1.11 bits per heavy atom. The van der Waals surface area contributed by atoms with Crippen molar-refractivity contribution in [2.45, 2.75) is 99.5 Å². The number of ether oxygens (including phenoxy) is 3. The molecule has 0 aromatic heterocycles. The third-order valence-corrected chi connectivity index (χ3v) is 20.1. The first-order valence-corrected chi connectivity index (χ1v) is 31.9. The number of carboxylic acid groups (broad SMARTS) is 1. The number of aliphatic hydroxyl groups excluding tert-OH is 1. The fraction of sp³-hybridized carbons (Fsp3) is 0.290.